The molecule has 1 aliphatic carbocycles. The molecule has 1 saturated carbocycles. The van der Waals surface area contributed by atoms with E-state index in [1.807, 2.05) is 0 Å². The van der Waals surface area contributed by atoms with Crippen molar-refractivity contribution < 1.29 is 0 Å². The molecule has 21 heavy (non-hydrogen) atoms. The molecule has 0 radical (unpaired) electrons. The summed E-state index contributed by atoms with van der Waals surface area (Å²) in [5.41, 5.74) is 9.25. The third-order valence-electron chi connectivity index (χ3n) is 4.67. The van der Waals surface area contributed by atoms with E-state index in [-0.39, 0.29) is 5.54 Å². The summed E-state index contributed by atoms with van der Waals surface area (Å²) < 4.78 is 0. The van der Waals surface area contributed by atoms with Crippen LogP contribution in [-0.4, -0.2) is 5.54 Å². The van der Waals surface area contributed by atoms with E-state index in [1.165, 1.54) is 21.9 Å². The van der Waals surface area contributed by atoms with Crippen LogP contribution in [0, 0.1) is 0 Å². The van der Waals surface area contributed by atoms with Gasteiger partial charge in [0.05, 0.1) is 0 Å². The molecule has 0 bridgehead atoms. The molecular formula is C20H19N. The van der Waals surface area contributed by atoms with E-state index in [9.17, 15) is 0 Å². The van der Waals surface area contributed by atoms with E-state index in [2.05, 4.69) is 72.8 Å². The molecule has 104 valence electrons. The summed E-state index contributed by atoms with van der Waals surface area (Å²) >= 11 is 0. The van der Waals surface area contributed by atoms with Crippen molar-refractivity contribution in [1.29, 1.82) is 0 Å². The van der Waals surface area contributed by atoms with Crippen LogP contribution in [0.1, 0.15) is 23.5 Å². The van der Waals surface area contributed by atoms with Crippen molar-refractivity contribution >= 4 is 10.8 Å². The Morgan fingerprint density at radius 1 is 0.857 bits per heavy atom. The van der Waals surface area contributed by atoms with E-state index >= 15 is 0 Å². The highest BCUT2D eigenvalue weighted by Gasteiger charge is 2.51. The first kappa shape index (κ1) is 12.6. The Kier molecular flexibility index (Phi) is 2.83. The summed E-state index contributed by atoms with van der Waals surface area (Å²) in [7, 11) is 0. The molecule has 1 nitrogen and oxygen atoms in total. The van der Waals surface area contributed by atoms with Crippen LogP contribution in [0.5, 0.6) is 0 Å². The van der Waals surface area contributed by atoms with Crippen LogP contribution in [0.4, 0.5) is 0 Å². The first-order valence-electron chi connectivity index (χ1n) is 7.56. The summed E-state index contributed by atoms with van der Waals surface area (Å²) in [5, 5.41) is 2.60. The van der Waals surface area contributed by atoms with Crippen LogP contribution in [0.25, 0.3) is 10.8 Å². The average Bonchev–Trinajstić information content (AvgIpc) is 3.19. The van der Waals surface area contributed by atoms with E-state index in [0.29, 0.717) is 5.92 Å². The second-order valence-electron chi connectivity index (χ2n) is 6.26. The van der Waals surface area contributed by atoms with Crippen molar-refractivity contribution in [2.45, 2.75) is 24.3 Å². The molecule has 3 aromatic rings. The third kappa shape index (κ3) is 2.34. The van der Waals surface area contributed by atoms with Gasteiger partial charge in [-0.25, -0.2) is 0 Å². The molecule has 0 aliphatic heterocycles. The SMILES string of the molecule is NC1(Cc2ccc3ccccc3c2)CC1c1ccccc1. The van der Waals surface area contributed by atoms with Crippen LogP contribution in [0.3, 0.4) is 0 Å². The second kappa shape index (κ2) is 4.71. The Bertz CT molecular complexity index is 778. The van der Waals surface area contributed by atoms with E-state index in [0.717, 1.165) is 12.8 Å². The fourth-order valence-electron chi connectivity index (χ4n) is 3.38. The lowest BCUT2D eigenvalue weighted by molar-refractivity contribution is 0.646. The summed E-state index contributed by atoms with van der Waals surface area (Å²) in [4.78, 5) is 0. The Hall–Kier alpha value is -2.12. The van der Waals surface area contributed by atoms with Crippen LogP contribution in [-0.2, 0) is 6.42 Å². The molecule has 0 heterocycles. The average molecular weight is 273 g/mol. The predicted molar refractivity (Wildman–Crippen MR) is 88.4 cm³/mol. The Balaban J connectivity index is 1.58. The van der Waals surface area contributed by atoms with E-state index in [4.69, 9.17) is 5.73 Å². The molecule has 1 aliphatic rings. The minimum absolute atomic E-state index is 0.0657. The Morgan fingerprint density at radius 2 is 1.57 bits per heavy atom. The zero-order valence-electron chi connectivity index (χ0n) is 12.0. The maximum atomic E-state index is 6.60. The molecule has 0 amide bonds. The van der Waals surface area contributed by atoms with Gasteiger partial charge in [0.2, 0.25) is 0 Å². The normalized spacial score (nSPS) is 24.1. The van der Waals surface area contributed by atoms with Gasteiger partial charge >= 0.3 is 0 Å². The van der Waals surface area contributed by atoms with E-state index < -0.39 is 0 Å². The second-order valence-corrected chi connectivity index (χ2v) is 6.26. The molecule has 3 aromatic carbocycles. The summed E-state index contributed by atoms with van der Waals surface area (Å²) in [5.74, 6) is 0.505. The van der Waals surface area contributed by atoms with Gasteiger partial charge in [-0.05, 0) is 34.7 Å². The first-order valence-corrected chi connectivity index (χ1v) is 7.56. The number of fused-ring (bicyclic) bond motifs is 1. The fourth-order valence-corrected chi connectivity index (χ4v) is 3.38. The number of nitrogens with two attached hydrogens (primary N) is 1. The summed E-state index contributed by atoms with van der Waals surface area (Å²) in [6.45, 7) is 0. The predicted octanol–water partition coefficient (Wildman–Crippen LogP) is 4.27. The number of benzene rings is 3. The number of hydrogen-bond acceptors (Lipinski definition) is 1. The van der Waals surface area contributed by atoms with Gasteiger partial charge in [-0.3, -0.25) is 0 Å². The maximum Gasteiger partial charge on any atom is 0.0271 e. The number of hydrogen-bond donors (Lipinski definition) is 1. The fraction of sp³-hybridized carbons (Fsp3) is 0.200. The van der Waals surface area contributed by atoms with Crippen molar-refractivity contribution in [3.8, 4) is 0 Å². The van der Waals surface area contributed by atoms with Crippen molar-refractivity contribution in [3.63, 3.8) is 0 Å². The molecule has 0 spiro atoms. The lowest BCUT2D eigenvalue weighted by Gasteiger charge is -2.12. The van der Waals surface area contributed by atoms with Gasteiger partial charge in [-0.15, -0.1) is 0 Å². The zero-order chi connectivity index (χ0) is 14.3. The van der Waals surface area contributed by atoms with Crippen LogP contribution < -0.4 is 5.73 Å². The summed E-state index contributed by atoms with van der Waals surface area (Å²) in [6, 6.07) is 25.9. The molecule has 2 N–H and O–H groups in total. The maximum absolute atomic E-state index is 6.60. The van der Waals surface area contributed by atoms with Gasteiger partial charge < -0.3 is 5.73 Å². The summed E-state index contributed by atoms with van der Waals surface area (Å²) in [6.07, 6.45) is 2.04. The molecule has 1 fully saturated rings. The van der Waals surface area contributed by atoms with Crippen LogP contribution in [0.2, 0.25) is 0 Å². The van der Waals surface area contributed by atoms with Crippen molar-refractivity contribution in [2.24, 2.45) is 5.73 Å². The highest BCUT2D eigenvalue weighted by Crippen LogP contribution is 2.51. The van der Waals surface area contributed by atoms with Gasteiger partial charge in [-0.2, -0.15) is 0 Å². The van der Waals surface area contributed by atoms with Crippen LogP contribution >= 0.6 is 0 Å². The molecule has 1 heteroatoms. The van der Waals surface area contributed by atoms with Gasteiger partial charge in [0, 0.05) is 11.5 Å². The standard InChI is InChI=1S/C20H19N/c21-20(14-19(20)17-7-2-1-3-8-17)13-15-10-11-16-6-4-5-9-18(16)12-15/h1-12,19H,13-14,21H2. The lowest BCUT2D eigenvalue weighted by Crippen LogP contribution is -2.27. The topological polar surface area (TPSA) is 26.0 Å². The molecular weight excluding hydrogens is 254 g/mol. The number of rotatable bonds is 3. The monoisotopic (exact) mass is 273 g/mol. The lowest BCUT2D eigenvalue weighted by atomic mass is 9.97. The third-order valence-corrected chi connectivity index (χ3v) is 4.67. The van der Waals surface area contributed by atoms with Crippen molar-refractivity contribution in [3.05, 3.63) is 83.9 Å². The molecule has 2 unspecified atom stereocenters. The molecule has 2 atom stereocenters. The largest absolute Gasteiger partial charge is 0.324 e. The first-order chi connectivity index (χ1) is 10.2. The highest BCUT2D eigenvalue weighted by atomic mass is 14.9. The van der Waals surface area contributed by atoms with Gasteiger partial charge in [-0.1, -0.05) is 72.8 Å². The minimum Gasteiger partial charge on any atom is -0.324 e. The van der Waals surface area contributed by atoms with Gasteiger partial charge in [0.15, 0.2) is 0 Å². The van der Waals surface area contributed by atoms with Crippen molar-refractivity contribution in [1.82, 2.24) is 0 Å². The van der Waals surface area contributed by atoms with Crippen LogP contribution in [0.15, 0.2) is 72.8 Å². The van der Waals surface area contributed by atoms with Crippen molar-refractivity contribution in [2.75, 3.05) is 0 Å². The molecule has 0 aromatic heterocycles. The minimum atomic E-state index is -0.0657. The van der Waals surface area contributed by atoms with E-state index in [1.54, 1.807) is 0 Å². The quantitative estimate of drug-likeness (QED) is 0.758. The zero-order valence-corrected chi connectivity index (χ0v) is 12.0. The van der Waals surface area contributed by atoms with Gasteiger partial charge in [0.25, 0.3) is 0 Å². The highest BCUT2D eigenvalue weighted by molar-refractivity contribution is 5.83. The molecule has 4 rings (SSSR count). The Labute approximate surface area is 125 Å². The smallest absolute Gasteiger partial charge is 0.0271 e. The van der Waals surface area contributed by atoms with Gasteiger partial charge in [0.1, 0.15) is 0 Å². The molecule has 0 saturated heterocycles. The Morgan fingerprint density at radius 3 is 2.38 bits per heavy atom.